The molecule has 0 radical (unpaired) electrons. The Hall–Kier alpha value is -3.55. The maximum atomic E-state index is 12.0. The van der Waals surface area contributed by atoms with Crippen molar-refractivity contribution in [1.82, 2.24) is 5.32 Å². The normalized spacial score (nSPS) is 10.0. The van der Waals surface area contributed by atoms with Gasteiger partial charge in [-0.1, -0.05) is 0 Å². The van der Waals surface area contributed by atoms with Crippen LogP contribution in [0.25, 0.3) is 0 Å². The van der Waals surface area contributed by atoms with Crippen LogP contribution in [0.2, 0.25) is 0 Å². The van der Waals surface area contributed by atoms with Gasteiger partial charge in [0.2, 0.25) is 0 Å². The molecule has 0 atom stereocenters. The summed E-state index contributed by atoms with van der Waals surface area (Å²) in [4.78, 5) is 35.4. The molecule has 8 heteroatoms. The highest BCUT2D eigenvalue weighted by molar-refractivity contribution is 6.05. The zero-order valence-electron chi connectivity index (χ0n) is 16.3. The monoisotopic (exact) mass is 401 g/mol. The minimum atomic E-state index is -0.716. The van der Waals surface area contributed by atoms with Gasteiger partial charge in [-0.2, -0.15) is 0 Å². The highest BCUT2D eigenvalue weighted by Crippen LogP contribution is 2.17. The third kappa shape index (κ3) is 7.53. The van der Waals surface area contributed by atoms with Crippen LogP contribution in [0, 0.1) is 0 Å². The van der Waals surface area contributed by atoms with Crippen LogP contribution in [-0.2, 0) is 14.3 Å². The molecule has 8 nitrogen and oxygen atoms in total. The minimum Gasteiger partial charge on any atom is -0.497 e. The quantitative estimate of drug-likeness (QED) is 0.610. The zero-order chi connectivity index (χ0) is 21.1. The molecule has 0 saturated carbocycles. The number of hydrogen-bond donors (Lipinski definition) is 1. The van der Waals surface area contributed by atoms with Gasteiger partial charge in [0.05, 0.1) is 26.7 Å². The number of carbonyl (C=O) groups is 3. The minimum absolute atomic E-state index is 0.0348. The van der Waals surface area contributed by atoms with Crippen molar-refractivity contribution in [3.05, 3.63) is 54.1 Å². The van der Waals surface area contributed by atoms with E-state index in [1.54, 1.807) is 36.4 Å². The third-order valence-corrected chi connectivity index (χ3v) is 3.68. The van der Waals surface area contributed by atoms with E-state index in [4.69, 9.17) is 18.9 Å². The van der Waals surface area contributed by atoms with Crippen molar-refractivity contribution >= 4 is 17.8 Å². The van der Waals surface area contributed by atoms with Gasteiger partial charge in [-0.3, -0.25) is 19.7 Å². The Balaban J connectivity index is 1.66. The standard InChI is InChI=1S/C21H23NO7/c1-3-27-17-8-10-18(11-9-17)28-13-12-20(24)29-14-19(23)22-21(25)15-4-6-16(26-2)7-5-15/h4-11H,3,12-14H2,1-2H3,(H,22,23,25). The second-order valence-electron chi connectivity index (χ2n) is 5.77. The fourth-order valence-electron chi connectivity index (χ4n) is 2.25. The summed E-state index contributed by atoms with van der Waals surface area (Å²) in [5.41, 5.74) is 0.286. The predicted octanol–water partition coefficient (Wildman–Crippen LogP) is 2.36. The number of carbonyl (C=O) groups excluding carboxylic acids is 3. The van der Waals surface area contributed by atoms with E-state index in [-0.39, 0.29) is 18.6 Å². The Morgan fingerprint density at radius 3 is 2.03 bits per heavy atom. The lowest BCUT2D eigenvalue weighted by molar-refractivity contribution is -0.148. The van der Waals surface area contributed by atoms with Gasteiger partial charge in [0, 0.05) is 5.56 Å². The Bertz CT molecular complexity index is 816. The lowest BCUT2D eigenvalue weighted by atomic mass is 10.2. The van der Waals surface area contributed by atoms with E-state index in [2.05, 4.69) is 5.32 Å². The van der Waals surface area contributed by atoms with Gasteiger partial charge in [0.25, 0.3) is 11.8 Å². The summed E-state index contributed by atoms with van der Waals surface area (Å²) in [6.45, 7) is 2.01. The van der Waals surface area contributed by atoms with E-state index >= 15 is 0 Å². The van der Waals surface area contributed by atoms with Crippen LogP contribution < -0.4 is 19.5 Å². The first kappa shape index (κ1) is 21.7. The van der Waals surface area contributed by atoms with E-state index in [9.17, 15) is 14.4 Å². The first-order valence-corrected chi connectivity index (χ1v) is 9.01. The second-order valence-corrected chi connectivity index (χ2v) is 5.77. The molecule has 0 saturated heterocycles. The molecule has 0 aliphatic rings. The molecule has 0 aliphatic carbocycles. The van der Waals surface area contributed by atoms with Gasteiger partial charge in [-0.25, -0.2) is 0 Å². The van der Waals surface area contributed by atoms with Gasteiger partial charge >= 0.3 is 5.97 Å². The molecule has 0 unspecified atom stereocenters. The molecule has 0 fully saturated rings. The largest absolute Gasteiger partial charge is 0.497 e. The van der Waals surface area contributed by atoms with Crippen LogP contribution in [0.15, 0.2) is 48.5 Å². The zero-order valence-corrected chi connectivity index (χ0v) is 16.3. The summed E-state index contributed by atoms with van der Waals surface area (Å²) in [7, 11) is 1.51. The number of amides is 2. The van der Waals surface area contributed by atoms with Crippen LogP contribution >= 0.6 is 0 Å². The summed E-state index contributed by atoms with van der Waals surface area (Å²) in [5, 5.41) is 2.15. The summed E-state index contributed by atoms with van der Waals surface area (Å²) >= 11 is 0. The lowest BCUT2D eigenvalue weighted by Gasteiger charge is -2.08. The predicted molar refractivity (Wildman–Crippen MR) is 104 cm³/mol. The van der Waals surface area contributed by atoms with E-state index in [1.807, 2.05) is 6.92 Å². The van der Waals surface area contributed by atoms with Crippen LogP contribution in [0.5, 0.6) is 17.2 Å². The van der Waals surface area contributed by atoms with E-state index in [0.717, 1.165) is 5.75 Å². The molecule has 2 aromatic rings. The summed E-state index contributed by atoms with van der Waals surface area (Å²) < 4.78 is 20.6. The molecule has 0 aliphatic heterocycles. The van der Waals surface area contributed by atoms with Gasteiger partial charge < -0.3 is 18.9 Å². The molecule has 1 N–H and O–H groups in total. The number of nitrogens with one attached hydrogen (secondary N) is 1. The average molecular weight is 401 g/mol. The summed E-state index contributed by atoms with van der Waals surface area (Å²) in [6.07, 6.45) is -0.0348. The van der Waals surface area contributed by atoms with Crippen molar-refractivity contribution in [2.45, 2.75) is 13.3 Å². The topological polar surface area (TPSA) is 100 Å². The second kappa shape index (κ2) is 11.3. The molecule has 0 aromatic heterocycles. The summed E-state index contributed by atoms with van der Waals surface area (Å²) in [5.74, 6) is -0.00470. The first-order chi connectivity index (χ1) is 14.0. The van der Waals surface area contributed by atoms with Crippen LogP contribution in [-0.4, -0.2) is 44.7 Å². The fourth-order valence-corrected chi connectivity index (χ4v) is 2.25. The lowest BCUT2D eigenvalue weighted by Crippen LogP contribution is -2.34. The fraction of sp³-hybridized carbons (Fsp3) is 0.286. The average Bonchev–Trinajstić information content (AvgIpc) is 2.74. The number of ether oxygens (including phenoxy) is 4. The molecule has 2 aromatic carbocycles. The van der Waals surface area contributed by atoms with E-state index in [1.165, 1.54) is 19.2 Å². The van der Waals surface area contributed by atoms with Gasteiger partial charge in [0.15, 0.2) is 6.61 Å². The Kier molecular flexibility index (Phi) is 8.50. The molecule has 29 heavy (non-hydrogen) atoms. The smallest absolute Gasteiger partial charge is 0.309 e. The van der Waals surface area contributed by atoms with Crippen LogP contribution in [0.1, 0.15) is 23.7 Å². The van der Waals surface area contributed by atoms with Gasteiger partial charge in [-0.05, 0) is 55.5 Å². The Morgan fingerprint density at radius 1 is 0.862 bits per heavy atom. The van der Waals surface area contributed by atoms with E-state index < -0.39 is 24.4 Å². The number of benzene rings is 2. The van der Waals surface area contributed by atoms with Crippen LogP contribution in [0.4, 0.5) is 0 Å². The Labute approximate surface area is 168 Å². The Morgan fingerprint density at radius 2 is 1.45 bits per heavy atom. The number of esters is 1. The van der Waals surface area contributed by atoms with Crippen LogP contribution in [0.3, 0.4) is 0 Å². The highest BCUT2D eigenvalue weighted by atomic mass is 16.5. The molecule has 0 bridgehead atoms. The molecule has 2 amide bonds. The van der Waals surface area contributed by atoms with Crippen molar-refractivity contribution in [2.24, 2.45) is 0 Å². The number of rotatable bonds is 10. The molecular formula is C21H23NO7. The number of imide groups is 1. The van der Waals surface area contributed by atoms with Crippen molar-refractivity contribution in [3.8, 4) is 17.2 Å². The number of methoxy groups -OCH3 is 1. The molecule has 0 heterocycles. The molecule has 0 spiro atoms. The molecule has 2 rings (SSSR count). The van der Waals surface area contributed by atoms with E-state index in [0.29, 0.717) is 18.1 Å². The first-order valence-electron chi connectivity index (χ1n) is 9.01. The maximum absolute atomic E-state index is 12.0. The summed E-state index contributed by atoms with van der Waals surface area (Å²) in [6, 6.07) is 13.2. The molecular weight excluding hydrogens is 378 g/mol. The van der Waals surface area contributed by atoms with Gasteiger partial charge in [0.1, 0.15) is 17.2 Å². The van der Waals surface area contributed by atoms with Crippen molar-refractivity contribution in [3.63, 3.8) is 0 Å². The van der Waals surface area contributed by atoms with Gasteiger partial charge in [-0.15, -0.1) is 0 Å². The van der Waals surface area contributed by atoms with Crippen molar-refractivity contribution < 1.29 is 33.3 Å². The molecule has 154 valence electrons. The van der Waals surface area contributed by atoms with Crippen molar-refractivity contribution in [1.29, 1.82) is 0 Å². The maximum Gasteiger partial charge on any atom is 0.309 e. The SMILES string of the molecule is CCOc1ccc(OCCC(=O)OCC(=O)NC(=O)c2ccc(OC)cc2)cc1. The number of hydrogen-bond acceptors (Lipinski definition) is 7. The van der Waals surface area contributed by atoms with Crippen molar-refractivity contribution in [2.75, 3.05) is 26.9 Å². The highest BCUT2D eigenvalue weighted by Gasteiger charge is 2.13. The third-order valence-electron chi connectivity index (χ3n) is 3.68.